The zero-order valence-electron chi connectivity index (χ0n) is 10.8. The van der Waals surface area contributed by atoms with Crippen molar-refractivity contribution in [1.82, 2.24) is 0 Å². The van der Waals surface area contributed by atoms with Crippen LogP contribution in [0.3, 0.4) is 0 Å². The Bertz CT molecular complexity index is 476. The molecule has 0 N–H and O–H groups in total. The molecule has 0 nitrogen and oxygen atoms in total. The van der Waals surface area contributed by atoms with Gasteiger partial charge in [-0.1, -0.05) is 70.5 Å². The molecular formula is C17H19Br. The van der Waals surface area contributed by atoms with Crippen LogP contribution in [0.5, 0.6) is 0 Å². The molecule has 0 fully saturated rings. The lowest BCUT2D eigenvalue weighted by atomic mass is 10.0. The lowest BCUT2D eigenvalue weighted by molar-refractivity contribution is 0.760. The summed E-state index contributed by atoms with van der Waals surface area (Å²) in [5.41, 5.74) is 4.27. The van der Waals surface area contributed by atoms with Crippen molar-refractivity contribution in [3.05, 3.63) is 71.3 Å². The van der Waals surface area contributed by atoms with Crippen LogP contribution in [0.15, 0.2) is 54.6 Å². The number of hydrogen-bond acceptors (Lipinski definition) is 0. The zero-order valence-corrected chi connectivity index (χ0v) is 12.4. The number of hydrogen-bond donors (Lipinski definition) is 0. The van der Waals surface area contributed by atoms with Gasteiger partial charge in [0.2, 0.25) is 0 Å². The number of alkyl halides is 1. The summed E-state index contributed by atoms with van der Waals surface area (Å²) in [6.07, 6.45) is 3.43. The summed E-state index contributed by atoms with van der Waals surface area (Å²) in [6, 6.07) is 19.3. The molecule has 18 heavy (non-hydrogen) atoms. The number of rotatable bonds is 5. The van der Waals surface area contributed by atoms with Crippen LogP contribution >= 0.6 is 15.9 Å². The second kappa shape index (κ2) is 6.75. The normalized spacial score (nSPS) is 12.3. The van der Waals surface area contributed by atoms with E-state index >= 15 is 0 Å². The molecule has 1 atom stereocenters. The van der Waals surface area contributed by atoms with Gasteiger partial charge in [0, 0.05) is 4.83 Å². The minimum atomic E-state index is 0.555. The minimum absolute atomic E-state index is 0.555. The first kappa shape index (κ1) is 13.4. The van der Waals surface area contributed by atoms with Gasteiger partial charge in [0.15, 0.2) is 0 Å². The van der Waals surface area contributed by atoms with Crippen LogP contribution in [-0.4, -0.2) is 4.83 Å². The highest BCUT2D eigenvalue weighted by Crippen LogP contribution is 2.17. The molecule has 0 aromatic heterocycles. The van der Waals surface area contributed by atoms with Crippen molar-refractivity contribution >= 4 is 15.9 Å². The molecule has 2 rings (SSSR count). The first-order valence-electron chi connectivity index (χ1n) is 6.48. The Morgan fingerprint density at radius 2 is 1.61 bits per heavy atom. The van der Waals surface area contributed by atoms with Crippen molar-refractivity contribution in [2.75, 3.05) is 0 Å². The molecule has 0 heterocycles. The Kier molecular flexibility index (Phi) is 5.00. The molecule has 0 aliphatic rings. The molecule has 0 amide bonds. The van der Waals surface area contributed by atoms with Crippen molar-refractivity contribution < 1.29 is 0 Å². The summed E-state index contributed by atoms with van der Waals surface area (Å²) in [6.45, 7) is 2.19. The van der Waals surface area contributed by atoms with E-state index in [9.17, 15) is 0 Å². The van der Waals surface area contributed by atoms with Crippen LogP contribution in [0.25, 0.3) is 0 Å². The Morgan fingerprint density at radius 3 is 2.33 bits per heavy atom. The van der Waals surface area contributed by atoms with Crippen LogP contribution in [0.2, 0.25) is 0 Å². The molecule has 2 aromatic rings. The van der Waals surface area contributed by atoms with Crippen molar-refractivity contribution in [2.24, 2.45) is 0 Å². The summed E-state index contributed by atoms with van der Waals surface area (Å²) in [7, 11) is 0. The first-order chi connectivity index (χ1) is 8.75. The smallest absolute Gasteiger partial charge is 0.0189 e. The SMILES string of the molecule is Cc1ccccc1CCC(Br)Cc1ccccc1. The van der Waals surface area contributed by atoms with Gasteiger partial charge in [-0.05, 0) is 42.9 Å². The van der Waals surface area contributed by atoms with E-state index < -0.39 is 0 Å². The van der Waals surface area contributed by atoms with Gasteiger partial charge in [0.1, 0.15) is 0 Å². The third kappa shape index (κ3) is 3.99. The van der Waals surface area contributed by atoms with E-state index in [1.54, 1.807) is 0 Å². The van der Waals surface area contributed by atoms with E-state index in [1.165, 1.54) is 23.1 Å². The van der Waals surface area contributed by atoms with Gasteiger partial charge in [0.25, 0.3) is 0 Å². The molecule has 0 bridgehead atoms. The highest BCUT2D eigenvalue weighted by Gasteiger charge is 2.06. The molecule has 0 spiro atoms. The number of aryl methyl sites for hydroxylation is 2. The lowest BCUT2D eigenvalue weighted by Gasteiger charge is -2.11. The molecule has 0 saturated heterocycles. The zero-order chi connectivity index (χ0) is 12.8. The quantitative estimate of drug-likeness (QED) is 0.687. The Morgan fingerprint density at radius 1 is 0.944 bits per heavy atom. The molecule has 0 aliphatic heterocycles. The highest BCUT2D eigenvalue weighted by molar-refractivity contribution is 9.09. The average molecular weight is 303 g/mol. The van der Waals surface area contributed by atoms with Gasteiger partial charge < -0.3 is 0 Å². The maximum atomic E-state index is 3.80. The van der Waals surface area contributed by atoms with Crippen LogP contribution in [0, 0.1) is 6.92 Å². The van der Waals surface area contributed by atoms with Gasteiger partial charge in [-0.3, -0.25) is 0 Å². The summed E-state index contributed by atoms with van der Waals surface area (Å²) in [5, 5.41) is 0. The van der Waals surface area contributed by atoms with E-state index in [1.807, 2.05) is 0 Å². The molecule has 0 saturated carbocycles. The summed E-state index contributed by atoms with van der Waals surface area (Å²) in [5.74, 6) is 0. The Labute approximate surface area is 118 Å². The lowest BCUT2D eigenvalue weighted by Crippen LogP contribution is -2.05. The van der Waals surface area contributed by atoms with E-state index in [0.29, 0.717) is 4.83 Å². The van der Waals surface area contributed by atoms with Crippen LogP contribution < -0.4 is 0 Å². The molecule has 1 heteroatoms. The molecule has 94 valence electrons. The Balaban J connectivity index is 1.86. The second-order valence-electron chi connectivity index (χ2n) is 4.75. The van der Waals surface area contributed by atoms with Crippen molar-refractivity contribution in [1.29, 1.82) is 0 Å². The first-order valence-corrected chi connectivity index (χ1v) is 7.40. The maximum Gasteiger partial charge on any atom is 0.0189 e. The predicted molar refractivity (Wildman–Crippen MR) is 82.4 cm³/mol. The summed E-state index contributed by atoms with van der Waals surface area (Å²) < 4.78 is 0. The summed E-state index contributed by atoms with van der Waals surface area (Å²) >= 11 is 3.80. The standard InChI is InChI=1S/C17H19Br/c1-14-7-5-6-10-16(14)11-12-17(18)13-15-8-3-2-4-9-15/h2-10,17H,11-13H2,1H3. The van der Waals surface area contributed by atoms with Gasteiger partial charge in [-0.15, -0.1) is 0 Å². The van der Waals surface area contributed by atoms with Crippen LogP contribution in [0.1, 0.15) is 23.1 Å². The van der Waals surface area contributed by atoms with Crippen molar-refractivity contribution in [3.63, 3.8) is 0 Å². The van der Waals surface area contributed by atoms with Crippen molar-refractivity contribution in [3.8, 4) is 0 Å². The van der Waals surface area contributed by atoms with Gasteiger partial charge in [0.05, 0.1) is 0 Å². The fraction of sp³-hybridized carbons (Fsp3) is 0.294. The molecular weight excluding hydrogens is 284 g/mol. The maximum absolute atomic E-state index is 3.80. The third-order valence-corrected chi connectivity index (χ3v) is 4.07. The van der Waals surface area contributed by atoms with E-state index in [2.05, 4.69) is 77.5 Å². The fourth-order valence-electron chi connectivity index (χ4n) is 2.17. The molecule has 0 radical (unpaired) electrons. The predicted octanol–water partition coefficient (Wildman–Crippen LogP) is 4.93. The third-order valence-electron chi connectivity index (χ3n) is 3.29. The molecule has 0 aliphatic carbocycles. The highest BCUT2D eigenvalue weighted by atomic mass is 79.9. The monoisotopic (exact) mass is 302 g/mol. The van der Waals surface area contributed by atoms with E-state index in [-0.39, 0.29) is 0 Å². The molecule has 1 unspecified atom stereocenters. The van der Waals surface area contributed by atoms with Crippen LogP contribution in [0.4, 0.5) is 0 Å². The van der Waals surface area contributed by atoms with Gasteiger partial charge in [-0.25, -0.2) is 0 Å². The minimum Gasteiger partial charge on any atom is -0.0887 e. The second-order valence-corrected chi connectivity index (χ2v) is 6.05. The van der Waals surface area contributed by atoms with E-state index in [4.69, 9.17) is 0 Å². The topological polar surface area (TPSA) is 0 Å². The van der Waals surface area contributed by atoms with Crippen LogP contribution in [-0.2, 0) is 12.8 Å². The van der Waals surface area contributed by atoms with Crippen molar-refractivity contribution in [2.45, 2.75) is 31.0 Å². The van der Waals surface area contributed by atoms with Gasteiger partial charge >= 0.3 is 0 Å². The number of benzene rings is 2. The largest absolute Gasteiger partial charge is 0.0887 e. The fourth-order valence-corrected chi connectivity index (χ4v) is 2.78. The van der Waals surface area contributed by atoms with Gasteiger partial charge in [-0.2, -0.15) is 0 Å². The van der Waals surface area contributed by atoms with E-state index in [0.717, 1.165) is 12.8 Å². The Hall–Kier alpha value is -1.08. The average Bonchev–Trinajstić information content (AvgIpc) is 2.39. The molecule has 2 aromatic carbocycles. The summed E-state index contributed by atoms with van der Waals surface area (Å²) in [4.78, 5) is 0.555. The number of halogens is 1.